The van der Waals surface area contributed by atoms with Crippen LogP contribution in [0.25, 0.3) is 0 Å². The van der Waals surface area contributed by atoms with Crippen LogP contribution in [0, 0.1) is 5.92 Å². The van der Waals surface area contributed by atoms with E-state index in [2.05, 4.69) is 4.72 Å². The molecule has 0 radical (unpaired) electrons. The maximum Gasteiger partial charge on any atom is 0.310 e. The van der Waals surface area contributed by atoms with Crippen LogP contribution >= 0.6 is 0 Å². The quantitative estimate of drug-likeness (QED) is 0.778. The van der Waals surface area contributed by atoms with Crippen LogP contribution in [0.2, 0.25) is 0 Å². The summed E-state index contributed by atoms with van der Waals surface area (Å²) in [4.78, 5) is 11.8. The minimum Gasteiger partial charge on any atom is -0.466 e. The van der Waals surface area contributed by atoms with Gasteiger partial charge in [0.15, 0.2) is 0 Å². The number of hydrogen-bond acceptors (Lipinski definition) is 4. The van der Waals surface area contributed by atoms with Crippen molar-refractivity contribution in [3.63, 3.8) is 0 Å². The van der Waals surface area contributed by atoms with E-state index in [4.69, 9.17) is 4.74 Å². The Balaban J connectivity index is 1.93. The third-order valence-electron chi connectivity index (χ3n) is 4.26. The zero-order valence-corrected chi connectivity index (χ0v) is 13.5. The van der Waals surface area contributed by atoms with Crippen LogP contribution in [0.15, 0.2) is 0 Å². The molecule has 6 nitrogen and oxygen atoms in total. The van der Waals surface area contributed by atoms with Crippen molar-refractivity contribution in [2.24, 2.45) is 5.92 Å². The van der Waals surface area contributed by atoms with Crippen molar-refractivity contribution < 1.29 is 17.9 Å². The van der Waals surface area contributed by atoms with Crippen molar-refractivity contribution in [1.29, 1.82) is 0 Å². The molecule has 0 aromatic carbocycles. The monoisotopic (exact) mass is 318 g/mol. The molecule has 0 spiro atoms. The van der Waals surface area contributed by atoms with Gasteiger partial charge >= 0.3 is 5.97 Å². The Hall–Kier alpha value is -0.660. The first kappa shape index (κ1) is 16.7. The molecule has 1 saturated carbocycles. The highest BCUT2D eigenvalue weighted by molar-refractivity contribution is 7.87. The molecule has 7 heteroatoms. The maximum absolute atomic E-state index is 12.4. The van der Waals surface area contributed by atoms with Crippen molar-refractivity contribution in [2.45, 2.75) is 57.9 Å². The lowest BCUT2D eigenvalue weighted by Crippen LogP contribution is -2.50. The van der Waals surface area contributed by atoms with E-state index < -0.39 is 10.2 Å². The van der Waals surface area contributed by atoms with E-state index in [1.807, 2.05) is 0 Å². The summed E-state index contributed by atoms with van der Waals surface area (Å²) in [5.74, 6) is -0.614. The SMILES string of the molecule is CCOC(=O)C1CCCN(S(=O)(=O)NC2CCCCC2)C1. The summed E-state index contributed by atoms with van der Waals surface area (Å²) >= 11 is 0. The van der Waals surface area contributed by atoms with Gasteiger partial charge in [-0.15, -0.1) is 0 Å². The van der Waals surface area contributed by atoms with Crippen LogP contribution in [0.3, 0.4) is 0 Å². The number of hydrogen-bond donors (Lipinski definition) is 1. The maximum atomic E-state index is 12.4. The van der Waals surface area contributed by atoms with Crippen LogP contribution in [0.1, 0.15) is 51.9 Å². The summed E-state index contributed by atoms with van der Waals surface area (Å²) in [5.41, 5.74) is 0. The minimum atomic E-state index is -3.49. The third kappa shape index (κ3) is 4.66. The van der Waals surface area contributed by atoms with E-state index in [-0.39, 0.29) is 24.5 Å². The van der Waals surface area contributed by atoms with Crippen molar-refractivity contribution >= 4 is 16.2 Å². The first-order valence-electron chi connectivity index (χ1n) is 7.97. The number of nitrogens with one attached hydrogen (secondary N) is 1. The molecule has 2 fully saturated rings. The summed E-state index contributed by atoms with van der Waals surface area (Å²) in [7, 11) is -3.49. The Labute approximate surface area is 127 Å². The summed E-state index contributed by atoms with van der Waals surface area (Å²) in [5, 5.41) is 0. The second kappa shape index (κ2) is 7.56. The van der Waals surface area contributed by atoms with E-state index >= 15 is 0 Å². The largest absolute Gasteiger partial charge is 0.466 e. The lowest BCUT2D eigenvalue weighted by atomic mass is 9.96. The van der Waals surface area contributed by atoms with Gasteiger partial charge in [0, 0.05) is 19.1 Å². The van der Waals surface area contributed by atoms with Gasteiger partial charge in [-0.1, -0.05) is 19.3 Å². The number of ether oxygens (including phenoxy) is 1. The normalized spacial score (nSPS) is 25.7. The molecule has 2 aliphatic rings. The molecule has 1 atom stereocenters. The fraction of sp³-hybridized carbons (Fsp3) is 0.929. The first-order valence-corrected chi connectivity index (χ1v) is 9.41. The van der Waals surface area contributed by atoms with E-state index in [1.165, 1.54) is 10.7 Å². The number of nitrogens with zero attached hydrogens (tertiary/aromatic N) is 1. The van der Waals surface area contributed by atoms with Gasteiger partial charge in [0.2, 0.25) is 0 Å². The molecule has 122 valence electrons. The highest BCUT2D eigenvalue weighted by Crippen LogP contribution is 2.22. The topological polar surface area (TPSA) is 75.7 Å². The molecule has 1 unspecified atom stereocenters. The molecule has 0 bridgehead atoms. The molecule has 1 N–H and O–H groups in total. The Morgan fingerprint density at radius 3 is 2.57 bits per heavy atom. The average molecular weight is 318 g/mol. The Bertz CT molecular complexity index is 446. The predicted molar refractivity (Wildman–Crippen MR) is 79.9 cm³/mol. The first-order chi connectivity index (χ1) is 10.0. The fourth-order valence-electron chi connectivity index (χ4n) is 3.12. The smallest absolute Gasteiger partial charge is 0.310 e. The number of carbonyl (C=O) groups is 1. The van der Waals surface area contributed by atoms with Crippen molar-refractivity contribution in [2.75, 3.05) is 19.7 Å². The molecule has 1 aliphatic heterocycles. The van der Waals surface area contributed by atoms with Gasteiger partial charge in [-0.25, -0.2) is 0 Å². The zero-order valence-electron chi connectivity index (χ0n) is 12.7. The van der Waals surface area contributed by atoms with Crippen LogP contribution < -0.4 is 4.72 Å². The predicted octanol–water partition coefficient (Wildman–Crippen LogP) is 1.43. The van der Waals surface area contributed by atoms with E-state index in [0.717, 1.165) is 25.7 Å². The van der Waals surface area contributed by atoms with Crippen LogP contribution in [0.5, 0.6) is 0 Å². The van der Waals surface area contributed by atoms with Gasteiger partial charge in [0.05, 0.1) is 12.5 Å². The van der Waals surface area contributed by atoms with Gasteiger partial charge in [0.1, 0.15) is 0 Å². The highest BCUT2D eigenvalue weighted by Gasteiger charge is 2.34. The van der Waals surface area contributed by atoms with Gasteiger partial charge in [-0.05, 0) is 32.6 Å². The Morgan fingerprint density at radius 1 is 1.19 bits per heavy atom. The minimum absolute atomic E-state index is 0.0479. The molecule has 2 rings (SSSR count). The van der Waals surface area contributed by atoms with Crippen molar-refractivity contribution in [1.82, 2.24) is 9.03 Å². The summed E-state index contributed by atoms with van der Waals surface area (Å²) < 4.78 is 34.1. The van der Waals surface area contributed by atoms with E-state index in [9.17, 15) is 13.2 Å². The molecule has 1 aliphatic carbocycles. The van der Waals surface area contributed by atoms with Crippen LogP contribution in [-0.2, 0) is 19.7 Å². The molecule has 1 saturated heterocycles. The summed E-state index contributed by atoms with van der Waals surface area (Å²) in [6.07, 6.45) is 6.58. The summed E-state index contributed by atoms with van der Waals surface area (Å²) in [6, 6.07) is 0.0479. The Morgan fingerprint density at radius 2 is 1.90 bits per heavy atom. The molecular formula is C14H26N2O4S. The second-order valence-electron chi connectivity index (χ2n) is 5.91. The zero-order chi connectivity index (χ0) is 15.3. The lowest BCUT2D eigenvalue weighted by molar-refractivity contribution is -0.149. The van der Waals surface area contributed by atoms with Crippen molar-refractivity contribution in [3.8, 4) is 0 Å². The molecular weight excluding hydrogens is 292 g/mol. The number of piperidine rings is 1. The van der Waals surface area contributed by atoms with Gasteiger partial charge < -0.3 is 4.74 Å². The highest BCUT2D eigenvalue weighted by atomic mass is 32.2. The van der Waals surface area contributed by atoms with Crippen LogP contribution in [-0.4, -0.2) is 44.4 Å². The molecule has 0 amide bonds. The fourth-order valence-corrected chi connectivity index (χ4v) is 4.67. The number of esters is 1. The Kier molecular flexibility index (Phi) is 6.01. The molecule has 0 aromatic heterocycles. The summed E-state index contributed by atoms with van der Waals surface area (Å²) in [6.45, 7) is 2.82. The van der Waals surface area contributed by atoms with Gasteiger partial charge in [-0.2, -0.15) is 17.4 Å². The number of rotatable bonds is 5. The third-order valence-corrected chi connectivity index (χ3v) is 5.91. The number of carbonyl (C=O) groups excluding carboxylic acids is 1. The second-order valence-corrected chi connectivity index (χ2v) is 7.61. The molecule has 0 aromatic rings. The molecule has 1 heterocycles. The van der Waals surface area contributed by atoms with Gasteiger partial charge in [-0.3, -0.25) is 4.79 Å². The van der Waals surface area contributed by atoms with E-state index in [1.54, 1.807) is 6.92 Å². The standard InChI is InChI=1S/C14H26N2O4S/c1-2-20-14(17)12-7-6-10-16(11-12)21(18,19)15-13-8-4-3-5-9-13/h12-13,15H,2-11H2,1H3. The lowest BCUT2D eigenvalue weighted by Gasteiger charge is -2.32. The van der Waals surface area contributed by atoms with Crippen molar-refractivity contribution in [3.05, 3.63) is 0 Å². The van der Waals surface area contributed by atoms with Gasteiger partial charge in [0.25, 0.3) is 10.2 Å². The average Bonchev–Trinajstić information content (AvgIpc) is 2.48. The van der Waals surface area contributed by atoms with Crippen LogP contribution in [0.4, 0.5) is 0 Å². The molecule has 21 heavy (non-hydrogen) atoms. The van der Waals surface area contributed by atoms with E-state index in [0.29, 0.717) is 26.0 Å².